The van der Waals surface area contributed by atoms with Crippen LogP contribution in [0.4, 0.5) is 5.69 Å². The second-order valence-corrected chi connectivity index (χ2v) is 5.19. The summed E-state index contributed by atoms with van der Waals surface area (Å²) in [5.74, 6) is -0.834. The minimum atomic E-state index is -0.427. The summed E-state index contributed by atoms with van der Waals surface area (Å²) >= 11 is 0. The van der Waals surface area contributed by atoms with Crippen molar-refractivity contribution in [1.82, 2.24) is 0 Å². The number of benzene rings is 1. The molecule has 0 aliphatic heterocycles. The van der Waals surface area contributed by atoms with E-state index in [4.69, 9.17) is 11.5 Å². The lowest BCUT2D eigenvalue weighted by molar-refractivity contribution is -0.122. The highest BCUT2D eigenvalue weighted by molar-refractivity contribution is 5.95. The van der Waals surface area contributed by atoms with Crippen LogP contribution in [0.15, 0.2) is 24.3 Å². The number of carbonyl (C=O) groups excluding carboxylic acids is 2. The van der Waals surface area contributed by atoms with Gasteiger partial charge in [-0.2, -0.15) is 0 Å². The first-order valence-corrected chi connectivity index (χ1v) is 6.75. The summed E-state index contributed by atoms with van der Waals surface area (Å²) in [5.41, 5.74) is 12.8. The molecule has 1 rings (SSSR count). The zero-order valence-electron chi connectivity index (χ0n) is 12.3. The monoisotopic (exact) mass is 277 g/mol. The number of hydrogen-bond acceptors (Lipinski definition) is 3. The number of aryl methyl sites for hydroxylation is 1. The van der Waals surface area contributed by atoms with E-state index in [-0.39, 0.29) is 30.8 Å². The highest BCUT2D eigenvalue weighted by atomic mass is 16.2. The maximum atomic E-state index is 12.5. The average molecular weight is 277 g/mol. The van der Waals surface area contributed by atoms with Crippen LogP contribution in [-0.4, -0.2) is 24.4 Å². The molecule has 0 spiro atoms. The lowest BCUT2D eigenvalue weighted by atomic mass is 10.0. The lowest BCUT2D eigenvalue weighted by Gasteiger charge is -2.27. The standard InChI is InChI=1S/C15H23N3O2/c1-10-5-4-6-13(9-10)18(8-7-14(17)19)15(20)11(2)12(3)16/h4-6,9,11-12H,7-8,16H2,1-3H3,(H2,17,19). The number of nitrogens with two attached hydrogens (primary N) is 2. The Morgan fingerprint density at radius 1 is 1.30 bits per heavy atom. The van der Waals surface area contributed by atoms with E-state index in [1.165, 1.54) is 0 Å². The van der Waals surface area contributed by atoms with Crippen molar-refractivity contribution >= 4 is 17.5 Å². The first-order chi connectivity index (χ1) is 9.32. The average Bonchev–Trinajstić information content (AvgIpc) is 2.37. The number of rotatable bonds is 6. The molecule has 0 saturated carbocycles. The molecule has 5 nitrogen and oxygen atoms in total. The van der Waals surface area contributed by atoms with E-state index in [0.717, 1.165) is 11.3 Å². The van der Waals surface area contributed by atoms with E-state index in [1.54, 1.807) is 18.7 Å². The highest BCUT2D eigenvalue weighted by Crippen LogP contribution is 2.19. The molecular weight excluding hydrogens is 254 g/mol. The minimum absolute atomic E-state index is 0.0909. The van der Waals surface area contributed by atoms with Gasteiger partial charge in [0.25, 0.3) is 0 Å². The van der Waals surface area contributed by atoms with Gasteiger partial charge in [-0.15, -0.1) is 0 Å². The fourth-order valence-electron chi connectivity index (χ4n) is 1.86. The molecule has 1 aromatic rings. The molecule has 0 heterocycles. The number of amides is 2. The molecule has 5 heteroatoms. The molecule has 110 valence electrons. The maximum absolute atomic E-state index is 12.5. The summed E-state index contributed by atoms with van der Waals surface area (Å²) in [5, 5.41) is 0. The van der Waals surface area contributed by atoms with Gasteiger partial charge in [-0.3, -0.25) is 9.59 Å². The molecule has 20 heavy (non-hydrogen) atoms. The number of anilines is 1. The SMILES string of the molecule is Cc1cccc(N(CCC(N)=O)C(=O)C(C)C(C)N)c1. The molecule has 0 aliphatic rings. The highest BCUT2D eigenvalue weighted by Gasteiger charge is 2.24. The molecule has 0 fully saturated rings. The summed E-state index contributed by atoms with van der Waals surface area (Å²) in [6.07, 6.45) is 0.130. The maximum Gasteiger partial charge on any atom is 0.231 e. The van der Waals surface area contributed by atoms with Crippen LogP contribution in [0.25, 0.3) is 0 Å². The van der Waals surface area contributed by atoms with E-state index in [9.17, 15) is 9.59 Å². The van der Waals surface area contributed by atoms with Gasteiger partial charge in [0, 0.05) is 24.7 Å². The summed E-state index contributed by atoms with van der Waals surface area (Å²) in [4.78, 5) is 25.1. The van der Waals surface area contributed by atoms with Gasteiger partial charge >= 0.3 is 0 Å². The van der Waals surface area contributed by atoms with E-state index >= 15 is 0 Å². The lowest BCUT2D eigenvalue weighted by Crippen LogP contribution is -2.43. The van der Waals surface area contributed by atoms with Crippen LogP contribution < -0.4 is 16.4 Å². The van der Waals surface area contributed by atoms with Crippen LogP contribution in [0.2, 0.25) is 0 Å². The van der Waals surface area contributed by atoms with E-state index in [2.05, 4.69) is 0 Å². The largest absolute Gasteiger partial charge is 0.370 e. The number of hydrogen-bond donors (Lipinski definition) is 2. The molecule has 0 radical (unpaired) electrons. The van der Waals surface area contributed by atoms with Crippen LogP contribution in [-0.2, 0) is 9.59 Å². The summed E-state index contributed by atoms with van der Waals surface area (Å²) in [6, 6.07) is 7.34. The van der Waals surface area contributed by atoms with Gasteiger partial charge in [0.15, 0.2) is 0 Å². The summed E-state index contributed by atoms with van der Waals surface area (Å²) in [6.45, 7) is 5.81. The van der Waals surface area contributed by atoms with E-state index in [1.807, 2.05) is 31.2 Å². The predicted molar refractivity (Wildman–Crippen MR) is 80.2 cm³/mol. The van der Waals surface area contributed by atoms with Gasteiger partial charge in [-0.05, 0) is 31.5 Å². The Kier molecular flexibility index (Phi) is 5.70. The van der Waals surface area contributed by atoms with Crippen LogP contribution in [0.3, 0.4) is 0 Å². The van der Waals surface area contributed by atoms with Crippen LogP contribution >= 0.6 is 0 Å². The Morgan fingerprint density at radius 2 is 1.95 bits per heavy atom. The van der Waals surface area contributed by atoms with Gasteiger partial charge in [0.05, 0.1) is 5.92 Å². The smallest absolute Gasteiger partial charge is 0.231 e. The van der Waals surface area contributed by atoms with Crippen molar-refractivity contribution < 1.29 is 9.59 Å². The van der Waals surface area contributed by atoms with Gasteiger partial charge < -0.3 is 16.4 Å². The van der Waals surface area contributed by atoms with Crippen molar-refractivity contribution in [3.05, 3.63) is 29.8 Å². The van der Waals surface area contributed by atoms with E-state index in [0.29, 0.717) is 0 Å². The van der Waals surface area contributed by atoms with Crippen LogP contribution in [0.5, 0.6) is 0 Å². The van der Waals surface area contributed by atoms with E-state index < -0.39 is 5.91 Å². The molecular formula is C15H23N3O2. The molecule has 2 amide bonds. The Labute approximate surface area is 119 Å². The van der Waals surface area contributed by atoms with Crippen molar-refractivity contribution in [3.63, 3.8) is 0 Å². The normalized spacial score (nSPS) is 13.6. The van der Waals surface area contributed by atoms with Crippen LogP contribution in [0, 0.1) is 12.8 Å². The van der Waals surface area contributed by atoms with Crippen LogP contribution in [0.1, 0.15) is 25.8 Å². The fourth-order valence-corrected chi connectivity index (χ4v) is 1.86. The van der Waals surface area contributed by atoms with Gasteiger partial charge in [0.2, 0.25) is 11.8 Å². The van der Waals surface area contributed by atoms with Crippen molar-refractivity contribution in [2.75, 3.05) is 11.4 Å². The third-order valence-electron chi connectivity index (χ3n) is 3.34. The number of carbonyl (C=O) groups is 2. The molecule has 0 aromatic heterocycles. The third kappa shape index (κ3) is 4.35. The zero-order valence-corrected chi connectivity index (χ0v) is 12.3. The molecule has 0 saturated heterocycles. The third-order valence-corrected chi connectivity index (χ3v) is 3.34. The molecule has 4 N–H and O–H groups in total. The second-order valence-electron chi connectivity index (χ2n) is 5.19. The van der Waals surface area contributed by atoms with Gasteiger partial charge in [-0.25, -0.2) is 0 Å². The second kappa shape index (κ2) is 7.05. The topological polar surface area (TPSA) is 89.4 Å². The molecule has 0 bridgehead atoms. The first-order valence-electron chi connectivity index (χ1n) is 6.75. The zero-order chi connectivity index (χ0) is 15.3. The molecule has 2 unspecified atom stereocenters. The summed E-state index contributed by atoms with van der Waals surface area (Å²) in [7, 11) is 0. The van der Waals surface area contributed by atoms with Crippen molar-refractivity contribution in [3.8, 4) is 0 Å². The van der Waals surface area contributed by atoms with Crippen molar-refractivity contribution in [1.29, 1.82) is 0 Å². The molecule has 1 aromatic carbocycles. The first kappa shape index (κ1) is 16.2. The van der Waals surface area contributed by atoms with Gasteiger partial charge in [-0.1, -0.05) is 19.1 Å². The Bertz CT molecular complexity index is 486. The molecule has 0 aliphatic carbocycles. The Morgan fingerprint density at radius 3 is 2.45 bits per heavy atom. The fraction of sp³-hybridized carbons (Fsp3) is 0.467. The minimum Gasteiger partial charge on any atom is -0.370 e. The number of nitrogens with zero attached hydrogens (tertiary/aromatic N) is 1. The summed E-state index contributed by atoms with van der Waals surface area (Å²) < 4.78 is 0. The van der Waals surface area contributed by atoms with Crippen molar-refractivity contribution in [2.45, 2.75) is 33.2 Å². The molecule has 2 atom stereocenters. The quantitative estimate of drug-likeness (QED) is 0.818. The van der Waals surface area contributed by atoms with Crippen molar-refractivity contribution in [2.24, 2.45) is 17.4 Å². The van der Waals surface area contributed by atoms with Gasteiger partial charge in [0.1, 0.15) is 0 Å². The Balaban J connectivity index is 3.01. The number of primary amides is 1. The predicted octanol–water partition coefficient (Wildman–Crippen LogP) is 1.19. The Hall–Kier alpha value is -1.88.